The van der Waals surface area contributed by atoms with Gasteiger partial charge in [-0.15, -0.1) is 0 Å². The minimum Gasteiger partial charge on any atom is -0.443 e. The first-order valence-electron chi connectivity index (χ1n) is 11.2. The maximum atomic E-state index is 13.1. The average molecular weight is 460 g/mol. The zero-order valence-corrected chi connectivity index (χ0v) is 19.1. The van der Waals surface area contributed by atoms with Crippen molar-refractivity contribution in [1.29, 1.82) is 0 Å². The molecule has 1 amide bonds. The van der Waals surface area contributed by atoms with Gasteiger partial charge in [0.05, 0.1) is 6.20 Å². The first kappa shape index (κ1) is 21.7. The molecule has 1 unspecified atom stereocenters. The SMILES string of the molecule is Cc1cnc2ccc(-c3nc(C(=O)CCC4CCCN(C)C4=O)c(N)nc3-c3ncco3)cn12. The van der Waals surface area contributed by atoms with Crippen LogP contribution in [0.15, 0.2) is 41.4 Å². The molecule has 174 valence electrons. The first-order valence-corrected chi connectivity index (χ1v) is 11.2. The van der Waals surface area contributed by atoms with Gasteiger partial charge in [-0.3, -0.25) is 9.59 Å². The molecule has 1 saturated heterocycles. The van der Waals surface area contributed by atoms with Crippen LogP contribution in [0.1, 0.15) is 41.9 Å². The number of oxazole rings is 1. The van der Waals surface area contributed by atoms with E-state index in [0.29, 0.717) is 23.4 Å². The predicted molar refractivity (Wildman–Crippen MR) is 125 cm³/mol. The normalized spacial score (nSPS) is 16.4. The number of amides is 1. The Bertz CT molecular complexity index is 1380. The molecule has 10 heteroatoms. The fourth-order valence-corrected chi connectivity index (χ4v) is 4.40. The maximum Gasteiger partial charge on any atom is 0.247 e. The third-order valence-electron chi connectivity index (χ3n) is 6.28. The number of anilines is 1. The number of likely N-dealkylation sites (tertiary alicyclic amines) is 1. The number of nitrogens with two attached hydrogens (primary N) is 1. The van der Waals surface area contributed by atoms with E-state index in [-0.39, 0.29) is 41.4 Å². The molecule has 0 bridgehead atoms. The second kappa shape index (κ2) is 8.69. The van der Waals surface area contributed by atoms with Crippen LogP contribution in [0.25, 0.3) is 28.5 Å². The van der Waals surface area contributed by atoms with Crippen molar-refractivity contribution in [1.82, 2.24) is 29.2 Å². The van der Waals surface area contributed by atoms with Crippen LogP contribution >= 0.6 is 0 Å². The van der Waals surface area contributed by atoms with Crippen LogP contribution < -0.4 is 5.73 Å². The monoisotopic (exact) mass is 459 g/mol. The Morgan fingerprint density at radius 3 is 2.88 bits per heavy atom. The molecule has 10 nitrogen and oxygen atoms in total. The summed E-state index contributed by atoms with van der Waals surface area (Å²) < 4.78 is 7.40. The van der Waals surface area contributed by atoms with Crippen molar-refractivity contribution in [2.75, 3.05) is 19.3 Å². The molecule has 1 fully saturated rings. The smallest absolute Gasteiger partial charge is 0.247 e. The number of nitrogens with zero attached hydrogens (tertiary/aromatic N) is 6. The summed E-state index contributed by atoms with van der Waals surface area (Å²) >= 11 is 0. The van der Waals surface area contributed by atoms with Crippen molar-refractivity contribution < 1.29 is 14.0 Å². The van der Waals surface area contributed by atoms with E-state index >= 15 is 0 Å². The van der Waals surface area contributed by atoms with Crippen molar-refractivity contribution in [3.05, 3.63) is 48.4 Å². The molecule has 4 aromatic heterocycles. The number of piperidine rings is 1. The molecule has 1 atom stereocenters. The number of imidazole rings is 1. The van der Waals surface area contributed by atoms with Crippen LogP contribution in [0.5, 0.6) is 0 Å². The Labute approximate surface area is 195 Å². The van der Waals surface area contributed by atoms with E-state index in [0.717, 1.165) is 30.7 Å². The lowest BCUT2D eigenvalue weighted by molar-refractivity contribution is -0.137. The molecule has 0 spiro atoms. The Hall–Kier alpha value is -4.08. The van der Waals surface area contributed by atoms with E-state index < -0.39 is 0 Å². The Kier molecular flexibility index (Phi) is 5.56. The van der Waals surface area contributed by atoms with Crippen molar-refractivity contribution >= 4 is 23.2 Å². The van der Waals surface area contributed by atoms with Crippen LogP contribution in [0.4, 0.5) is 5.82 Å². The van der Waals surface area contributed by atoms with Crippen molar-refractivity contribution in [3.8, 4) is 22.8 Å². The highest BCUT2D eigenvalue weighted by atomic mass is 16.3. The van der Waals surface area contributed by atoms with Gasteiger partial charge < -0.3 is 19.5 Å². The van der Waals surface area contributed by atoms with Crippen LogP contribution in [0, 0.1) is 12.8 Å². The largest absolute Gasteiger partial charge is 0.443 e. The molecule has 1 aliphatic rings. The minimum atomic E-state index is -0.244. The molecule has 0 aromatic carbocycles. The highest BCUT2D eigenvalue weighted by molar-refractivity contribution is 5.99. The van der Waals surface area contributed by atoms with E-state index in [1.807, 2.05) is 29.7 Å². The second-order valence-electron chi connectivity index (χ2n) is 8.60. The zero-order valence-electron chi connectivity index (χ0n) is 19.1. The quantitative estimate of drug-likeness (QED) is 0.435. The minimum absolute atomic E-state index is 0.00827. The Morgan fingerprint density at radius 1 is 1.24 bits per heavy atom. The van der Waals surface area contributed by atoms with Gasteiger partial charge in [0.25, 0.3) is 0 Å². The van der Waals surface area contributed by atoms with E-state index in [1.54, 1.807) is 18.1 Å². The number of Topliss-reactive ketones (excluding diaryl/α,β-unsaturated/α-hetero) is 1. The highest BCUT2D eigenvalue weighted by Gasteiger charge is 2.28. The zero-order chi connectivity index (χ0) is 23.8. The van der Waals surface area contributed by atoms with Gasteiger partial charge in [0.1, 0.15) is 23.3 Å². The molecule has 0 aliphatic carbocycles. The summed E-state index contributed by atoms with van der Waals surface area (Å²) in [4.78, 5) is 44.9. The topological polar surface area (TPSA) is 133 Å². The number of rotatable bonds is 6. The summed E-state index contributed by atoms with van der Waals surface area (Å²) in [5, 5.41) is 0. The number of carbonyl (C=O) groups is 2. The van der Waals surface area contributed by atoms with Crippen LogP contribution in [-0.2, 0) is 4.79 Å². The highest BCUT2D eigenvalue weighted by Crippen LogP contribution is 2.31. The summed E-state index contributed by atoms with van der Waals surface area (Å²) in [5.74, 6) is -0.0526. The standard InChI is InChI=1S/C24H25N7O3/c1-14-12-27-18-8-6-16(13-31(14)18)19-21(23-26-9-11-34-23)29-22(25)20(28-19)17(32)7-5-15-4-3-10-30(2)24(15)33/h6,8-9,11-13,15H,3-5,7,10H2,1-2H3,(H2,25,29). The fourth-order valence-electron chi connectivity index (χ4n) is 4.40. The first-order chi connectivity index (χ1) is 16.4. The molecule has 0 radical (unpaired) electrons. The molecule has 2 N–H and O–H groups in total. The summed E-state index contributed by atoms with van der Waals surface area (Å²) in [6, 6.07) is 3.73. The Morgan fingerprint density at radius 2 is 2.09 bits per heavy atom. The number of pyridine rings is 1. The molecule has 0 saturated carbocycles. The van der Waals surface area contributed by atoms with Crippen molar-refractivity contribution in [3.63, 3.8) is 0 Å². The van der Waals surface area contributed by atoms with Gasteiger partial charge in [-0.2, -0.15) is 0 Å². The van der Waals surface area contributed by atoms with E-state index in [1.165, 1.54) is 12.5 Å². The van der Waals surface area contributed by atoms with Gasteiger partial charge in [0, 0.05) is 49.6 Å². The average Bonchev–Trinajstić information content (AvgIpc) is 3.50. The third kappa shape index (κ3) is 3.91. The summed E-state index contributed by atoms with van der Waals surface area (Å²) in [7, 11) is 1.80. The number of aryl methyl sites for hydroxylation is 1. The molecule has 4 aromatic rings. The molecule has 34 heavy (non-hydrogen) atoms. The lowest BCUT2D eigenvalue weighted by atomic mass is 9.91. The molecular weight excluding hydrogens is 434 g/mol. The number of aromatic nitrogens is 5. The Balaban J connectivity index is 1.51. The van der Waals surface area contributed by atoms with Crippen LogP contribution in [-0.4, -0.2) is 54.5 Å². The lowest BCUT2D eigenvalue weighted by Crippen LogP contribution is -2.38. The molecule has 5 rings (SSSR count). The number of nitrogen functional groups attached to an aromatic ring is 1. The van der Waals surface area contributed by atoms with Gasteiger partial charge in [0.15, 0.2) is 17.3 Å². The fraction of sp³-hybridized carbons (Fsp3) is 0.333. The number of fused-ring (bicyclic) bond motifs is 1. The number of hydrogen-bond acceptors (Lipinski definition) is 8. The molecule has 5 heterocycles. The number of ketones is 1. The van der Waals surface area contributed by atoms with Crippen molar-refractivity contribution in [2.24, 2.45) is 5.92 Å². The number of carbonyl (C=O) groups excluding carboxylic acids is 2. The van der Waals surface area contributed by atoms with E-state index in [9.17, 15) is 9.59 Å². The summed E-state index contributed by atoms with van der Waals surface area (Å²) in [6.07, 6.45) is 8.97. The van der Waals surface area contributed by atoms with Crippen LogP contribution in [0.3, 0.4) is 0 Å². The summed E-state index contributed by atoms with van der Waals surface area (Å²) in [5.41, 5.74) is 9.51. The molecular formula is C24H25N7O3. The lowest BCUT2D eigenvalue weighted by Gasteiger charge is -2.29. The predicted octanol–water partition coefficient (Wildman–Crippen LogP) is 3.17. The second-order valence-corrected chi connectivity index (χ2v) is 8.60. The van der Waals surface area contributed by atoms with E-state index in [2.05, 4.69) is 19.9 Å². The van der Waals surface area contributed by atoms with E-state index in [4.69, 9.17) is 10.2 Å². The van der Waals surface area contributed by atoms with Gasteiger partial charge in [-0.05, 0) is 38.3 Å². The van der Waals surface area contributed by atoms with Gasteiger partial charge >= 0.3 is 0 Å². The van der Waals surface area contributed by atoms with Gasteiger partial charge in [-0.1, -0.05) is 0 Å². The molecule has 1 aliphatic heterocycles. The number of hydrogen-bond donors (Lipinski definition) is 1. The van der Waals surface area contributed by atoms with Gasteiger partial charge in [0.2, 0.25) is 11.8 Å². The third-order valence-corrected chi connectivity index (χ3v) is 6.28. The maximum absolute atomic E-state index is 13.1. The summed E-state index contributed by atoms with van der Waals surface area (Å²) in [6.45, 7) is 2.71. The van der Waals surface area contributed by atoms with Crippen molar-refractivity contribution in [2.45, 2.75) is 32.6 Å². The van der Waals surface area contributed by atoms with Crippen LogP contribution in [0.2, 0.25) is 0 Å². The van der Waals surface area contributed by atoms with Gasteiger partial charge in [-0.25, -0.2) is 19.9 Å².